The number of nitrogens with zero attached hydrogens (tertiary/aromatic N) is 1. The van der Waals surface area contributed by atoms with Crippen molar-refractivity contribution >= 4 is 45.1 Å². The van der Waals surface area contributed by atoms with Crippen LogP contribution < -0.4 is 0 Å². The van der Waals surface area contributed by atoms with Crippen molar-refractivity contribution in [2.45, 2.75) is 6.92 Å². The van der Waals surface area contributed by atoms with Crippen LogP contribution in [0.5, 0.6) is 0 Å². The van der Waals surface area contributed by atoms with Gasteiger partial charge in [0, 0.05) is 0 Å². The zero-order chi connectivity index (χ0) is 8.72. The molecule has 0 aliphatic heterocycles. The van der Waals surface area contributed by atoms with Crippen molar-refractivity contribution in [3.8, 4) is 0 Å². The minimum absolute atomic E-state index is 0.758. The predicted octanol–water partition coefficient (Wildman–Crippen LogP) is 3.13. The molecule has 0 atom stereocenters. The van der Waals surface area contributed by atoms with E-state index in [1.54, 1.807) is 0 Å². The third-order valence-corrected chi connectivity index (χ3v) is 2.91. The molecule has 0 amide bonds. The molecule has 0 bridgehead atoms. The van der Waals surface area contributed by atoms with Gasteiger partial charge in [-0.15, -0.1) is 0 Å². The Morgan fingerprint density at radius 2 is 2.25 bits per heavy atom. The van der Waals surface area contributed by atoms with E-state index in [4.69, 9.17) is 11.6 Å². The van der Waals surface area contributed by atoms with Crippen LogP contribution in [0.4, 0.5) is 0 Å². The highest BCUT2D eigenvalue weighted by Crippen LogP contribution is 2.27. The molecule has 0 saturated carbocycles. The highest BCUT2D eigenvalue weighted by atomic mass is 127. The van der Waals surface area contributed by atoms with Crippen LogP contribution in [0.15, 0.2) is 12.1 Å². The van der Waals surface area contributed by atoms with Crippen molar-refractivity contribution in [1.82, 2.24) is 10.2 Å². The highest BCUT2D eigenvalue weighted by molar-refractivity contribution is 14.1. The third kappa shape index (κ3) is 1.11. The van der Waals surface area contributed by atoms with E-state index in [-0.39, 0.29) is 0 Å². The Kier molecular flexibility index (Phi) is 2.00. The number of hydrogen-bond donors (Lipinski definition) is 1. The SMILES string of the molecule is Cc1ccc(Cl)c2c(I)[nH]nc12. The summed E-state index contributed by atoms with van der Waals surface area (Å²) < 4.78 is 0.997. The van der Waals surface area contributed by atoms with E-state index in [2.05, 4.69) is 32.8 Å². The Hall–Kier alpha value is -0.290. The number of fused-ring (bicyclic) bond motifs is 1. The molecular weight excluding hydrogens is 286 g/mol. The van der Waals surface area contributed by atoms with Crippen LogP contribution in [-0.2, 0) is 0 Å². The van der Waals surface area contributed by atoms with Gasteiger partial charge in [-0.3, -0.25) is 5.10 Å². The fourth-order valence-electron chi connectivity index (χ4n) is 1.18. The second-order valence-electron chi connectivity index (χ2n) is 2.63. The van der Waals surface area contributed by atoms with Gasteiger partial charge < -0.3 is 0 Å². The number of aromatic nitrogens is 2. The zero-order valence-electron chi connectivity index (χ0n) is 6.36. The molecule has 0 spiro atoms. The lowest BCUT2D eigenvalue weighted by Gasteiger charge is -1.95. The first-order chi connectivity index (χ1) is 5.70. The van der Waals surface area contributed by atoms with E-state index in [1.807, 2.05) is 19.1 Å². The van der Waals surface area contributed by atoms with Gasteiger partial charge in [0.15, 0.2) is 0 Å². The molecule has 62 valence electrons. The van der Waals surface area contributed by atoms with Gasteiger partial charge in [-0.05, 0) is 41.1 Å². The monoisotopic (exact) mass is 292 g/mol. The summed E-state index contributed by atoms with van der Waals surface area (Å²) in [5.74, 6) is 0. The maximum Gasteiger partial charge on any atom is 0.105 e. The number of benzene rings is 1. The molecule has 2 rings (SSSR count). The lowest BCUT2D eigenvalue weighted by atomic mass is 10.2. The maximum atomic E-state index is 6.01. The maximum absolute atomic E-state index is 6.01. The van der Waals surface area contributed by atoms with Crippen LogP contribution in [0.3, 0.4) is 0 Å². The molecule has 1 aromatic heterocycles. The van der Waals surface area contributed by atoms with Gasteiger partial charge in [0.25, 0.3) is 0 Å². The van der Waals surface area contributed by atoms with Crippen molar-refractivity contribution in [2.24, 2.45) is 0 Å². The van der Waals surface area contributed by atoms with Gasteiger partial charge in [-0.2, -0.15) is 5.10 Å². The lowest BCUT2D eigenvalue weighted by molar-refractivity contribution is 1.09. The first-order valence-corrected chi connectivity index (χ1v) is 4.94. The smallest absolute Gasteiger partial charge is 0.105 e. The van der Waals surface area contributed by atoms with Crippen LogP contribution in [0.1, 0.15) is 5.56 Å². The molecule has 12 heavy (non-hydrogen) atoms. The molecule has 0 radical (unpaired) electrons. The number of hydrogen-bond acceptors (Lipinski definition) is 1. The summed E-state index contributed by atoms with van der Waals surface area (Å²) >= 11 is 8.20. The van der Waals surface area contributed by atoms with E-state index < -0.39 is 0 Å². The molecule has 4 heteroatoms. The normalized spacial score (nSPS) is 10.9. The van der Waals surface area contributed by atoms with Gasteiger partial charge >= 0.3 is 0 Å². The number of aryl methyl sites for hydroxylation is 1. The minimum atomic E-state index is 0.758. The van der Waals surface area contributed by atoms with Crippen LogP contribution in [0, 0.1) is 10.6 Å². The van der Waals surface area contributed by atoms with E-state index >= 15 is 0 Å². The molecule has 1 N–H and O–H groups in total. The van der Waals surface area contributed by atoms with Crippen molar-refractivity contribution in [3.63, 3.8) is 0 Å². The molecule has 0 unspecified atom stereocenters. The van der Waals surface area contributed by atoms with Crippen LogP contribution in [-0.4, -0.2) is 10.2 Å². The van der Waals surface area contributed by atoms with Gasteiger partial charge in [0.05, 0.1) is 15.9 Å². The molecular formula is C8H6ClIN2. The summed E-state index contributed by atoms with van der Waals surface area (Å²) in [6.07, 6.45) is 0. The van der Waals surface area contributed by atoms with Gasteiger partial charge in [-0.1, -0.05) is 17.7 Å². The molecule has 1 aromatic carbocycles. The summed E-state index contributed by atoms with van der Waals surface area (Å²) in [6, 6.07) is 3.87. The number of H-pyrrole nitrogens is 1. The topological polar surface area (TPSA) is 28.7 Å². The Morgan fingerprint density at radius 3 is 2.92 bits per heavy atom. The predicted molar refractivity (Wildman–Crippen MR) is 58.6 cm³/mol. The lowest BCUT2D eigenvalue weighted by Crippen LogP contribution is -1.76. The first-order valence-electron chi connectivity index (χ1n) is 3.49. The van der Waals surface area contributed by atoms with Crippen molar-refractivity contribution in [1.29, 1.82) is 0 Å². The van der Waals surface area contributed by atoms with Gasteiger partial charge in [0.2, 0.25) is 0 Å². The summed E-state index contributed by atoms with van der Waals surface area (Å²) in [5.41, 5.74) is 2.11. The van der Waals surface area contributed by atoms with Gasteiger partial charge in [0.1, 0.15) is 3.70 Å². The van der Waals surface area contributed by atoms with Crippen LogP contribution in [0.2, 0.25) is 5.02 Å². The fraction of sp³-hybridized carbons (Fsp3) is 0.125. The Morgan fingerprint density at radius 1 is 1.50 bits per heavy atom. The van der Waals surface area contributed by atoms with E-state index in [1.165, 1.54) is 0 Å². The summed E-state index contributed by atoms with van der Waals surface area (Å²) in [7, 11) is 0. The standard InChI is InChI=1S/C8H6ClIN2/c1-4-2-3-5(9)6-7(4)11-12-8(6)10/h2-3H,1H3,(H,11,12). The summed E-state index contributed by atoms with van der Waals surface area (Å²) in [4.78, 5) is 0. The largest absolute Gasteiger partial charge is 0.271 e. The molecule has 0 fully saturated rings. The van der Waals surface area contributed by atoms with Crippen LogP contribution in [0.25, 0.3) is 10.9 Å². The molecule has 0 saturated heterocycles. The second-order valence-corrected chi connectivity index (χ2v) is 4.11. The fourth-order valence-corrected chi connectivity index (χ4v) is 2.26. The Labute approximate surface area is 88.4 Å². The zero-order valence-corrected chi connectivity index (χ0v) is 9.27. The first kappa shape index (κ1) is 8.31. The molecule has 2 aromatic rings. The number of nitrogens with one attached hydrogen (secondary N) is 1. The molecule has 0 aliphatic rings. The van der Waals surface area contributed by atoms with E-state index in [9.17, 15) is 0 Å². The molecule has 2 nitrogen and oxygen atoms in total. The third-order valence-electron chi connectivity index (χ3n) is 1.81. The van der Waals surface area contributed by atoms with Crippen molar-refractivity contribution in [2.75, 3.05) is 0 Å². The van der Waals surface area contributed by atoms with Crippen LogP contribution >= 0.6 is 34.2 Å². The summed E-state index contributed by atoms with van der Waals surface area (Å²) in [5, 5.41) is 8.86. The number of aromatic amines is 1. The Bertz CT molecular complexity index is 436. The number of rotatable bonds is 0. The van der Waals surface area contributed by atoms with E-state index in [0.29, 0.717) is 0 Å². The second kappa shape index (κ2) is 2.88. The molecule has 1 heterocycles. The van der Waals surface area contributed by atoms with Gasteiger partial charge in [-0.25, -0.2) is 0 Å². The van der Waals surface area contributed by atoms with Crippen molar-refractivity contribution in [3.05, 3.63) is 26.4 Å². The minimum Gasteiger partial charge on any atom is -0.271 e. The average Bonchev–Trinajstić information content (AvgIpc) is 2.42. The average molecular weight is 293 g/mol. The van der Waals surface area contributed by atoms with E-state index in [0.717, 1.165) is 25.2 Å². The number of halogens is 2. The summed E-state index contributed by atoms with van der Waals surface area (Å²) in [6.45, 7) is 2.02. The quantitative estimate of drug-likeness (QED) is 0.743. The highest BCUT2D eigenvalue weighted by Gasteiger charge is 2.08. The van der Waals surface area contributed by atoms with Crippen molar-refractivity contribution < 1.29 is 0 Å². The molecule has 0 aliphatic carbocycles. The Balaban J connectivity index is 2.98.